The summed E-state index contributed by atoms with van der Waals surface area (Å²) in [4.78, 5) is 2.30. The first-order chi connectivity index (χ1) is 10.1. The molecule has 0 fully saturated rings. The number of benzene rings is 1. The number of likely N-dealkylation sites (N-methyl/N-ethyl adjacent to an activating group) is 1. The van der Waals surface area contributed by atoms with E-state index in [1.165, 1.54) is 16.8 Å². The van der Waals surface area contributed by atoms with E-state index < -0.39 is 0 Å². The van der Waals surface area contributed by atoms with Crippen LogP contribution < -0.4 is 16.0 Å². The van der Waals surface area contributed by atoms with E-state index >= 15 is 0 Å². The van der Waals surface area contributed by atoms with Crippen molar-refractivity contribution in [3.05, 3.63) is 41.5 Å². The van der Waals surface area contributed by atoms with Crippen LogP contribution in [0.4, 0.5) is 5.69 Å². The third-order valence-electron chi connectivity index (χ3n) is 3.86. The normalized spacial score (nSPS) is 15.1. The zero-order valence-corrected chi connectivity index (χ0v) is 13.2. The molecule has 1 aromatic carbocycles. The molecule has 1 heterocycles. The molecular weight excluding hydrogens is 262 g/mol. The molecule has 0 saturated carbocycles. The molecule has 116 valence electrons. The minimum absolute atomic E-state index is 0.189. The number of anilines is 1. The maximum Gasteiger partial charge on any atom is 0.0672 e. The summed E-state index contributed by atoms with van der Waals surface area (Å²) < 4.78 is 5.50. The van der Waals surface area contributed by atoms with E-state index in [2.05, 4.69) is 42.0 Å². The molecule has 0 spiro atoms. The van der Waals surface area contributed by atoms with Gasteiger partial charge in [0.1, 0.15) is 0 Å². The minimum Gasteiger partial charge on any atom is -0.376 e. The van der Waals surface area contributed by atoms with Gasteiger partial charge in [-0.3, -0.25) is 0 Å². The van der Waals surface area contributed by atoms with Gasteiger partial charge >= 0.3 is 0 Å². The summed E-state index contributed by atoms with van der Waals surface area (Å²) in [6.45, 7) is 9.59. The molecule has 2 rings (SSSR count). The van der Waals surface area contributed by atoms with Crippen molar-refractivity contribution < 1.29 is 4.74 Å². The zero-order valence-electron chi connectivity index (χ0n) is 13.2. The van der Waals surface area contributed by atoms with Gasteiger partial charge in [-0.05, 0) is 30.5 Å². The standard InChI is InChI=1S/C17H27N3O/c1-13(2)12-21-9-7-19-16(11-18)14-4-5-17-15(10-14)6-8-20(17)3/h4-5,10,16,19H,1,6-9,11-12,18H2,2-3H3. The Morgan fingerprint density at radius 2 is 2.33 bits per heavy atom. The molecule has 21 heavy (non-hydrogen) atoms. The number of rotatable bonds is 8. The van der Waals surface area contributed by atoms with Gasteiger partial charge in [-0.15, -0.1) is 0 Å². The van der Waals surface area contributed by atoms with Crippen LogP contribution in [0.1, 0.15) is 24.1 Å². The first kappa shape index (κ1) is 16.0. The van der Waals surface area contributed by atoms with Gasteiger partial charge in [-0.1, -0.05) is 24.3 Å². The lowest BCUT2D eigenvalue weighted by molar-refractivity contribution is 0.155. The molecule has 4 heteroatoms. The SMILES string of the molecule is C=C(C)COCCNC(CN)c1ccc2c(c1)CCN2C. The lowest BCUT2D eigenvalue weighted by Crippen LogP contribution is -2.31. The lowest BCUT2D eigenvalue weighted by Gasteiger charge is -2.19. The predicted octanol–water partition coefficient (Wildman–Crippen LogP) is 1.86. The number of nitrogens with two attached hydrogens (primary N) is 1. The van der Waals surface area contributed by atoms with Gasteiger partial charge in [0, 0.05) is 38.4 Å². The van der Waals surface area contributed by atoms with E-state index in [0.29, 0.717) is 19.8 Å². The quantitative estimate of drug-likeness (QED) is 0.566. The molecule has 0 amide bonds. The van der Waals surface area contributed by atoms with E-state index in [9.17, 15) is 0 Å². The highest BCUT2D eigenvalue weighted by atomic mass is 16.5. The van der Waals surface area contributed by atoms with Gasteiger partial charge in [-0.25, -0.2) is 0 Å². The van der Waals surface area contributed by atoms with E-state index in [-0.39, 0.29) is 6.04 Å². The second-order valence-electron chi connectivity index (χ2n) is 5.81. The molecule has 0 bridgehead atoms. The van der Waals surface area contributed by atoms with Crippen LogP contribution >= 0.6 is 0 Å². The fraction of sp³-hybridized carbons (Fsp3) is 0.529. The maximum absolute atomic E-state index is 5.91. The van der Waals surface area contributed by atoms with Crippen LogP contribution in [0.25, 0.3) is 0 Å². The van der Waals surface area contributed by atoms with Crippen LogP contribution in [0.5, 0.6) is 0 Å². The molecule has 0 aromatic heterocycles. The smallest absolute Gasteiger partial charge is 0.0672 e. The molecule has 4 nitrogen and oxygen atoms in total. The minimum atomic E-state index is 0.189. The Bertz CT molecular complexity index is 487. The lowest BCUT2D eigenvalue weighted by atomic mass is 10.0. The Kier molecular flexibility index (Phi) is 5.79. The number of ether oxygens (including phenoxy) is 1. The van der Waals surface area contributed by atoms with Crippen molar-refractivity contribution >= 4 is 5.69 Å². The summed E-state index contributed by atoms with van der Waals surface area (Å²) in [6, 6.07) is 6.87. The predicted molar refractivity (Wildman–Crippen MR) is 88.8 cm³/mol. The molecular formula is C17H27N3O. The summed E-state index contributed by atoms with van der Waals surface area (Å²) in [6.07, 6.45) is 1.12. The third kappa shape index (κ3) is 4.30. The number of hydrogen-bond acceptors (Lipinski definition) is 4. The Labute approximate surface area is 128 Å². The van der Waals surface area contributed by atoms with Crippen molar-refractivity contribution in [2.75, 3.05) is 44.8 Å². The van der Waals surface area contributed by atoms with E-state index in [4.69, 9.17) is 10.5 Å². The van der Waals surface area contributed by atoms with Gasteiger partial charge in [0.05, 0.1) is 13.2 Å². The maximum atomic E-state index is 5.91. The molecule has 0 saturated heterocycles. The molecule has 0 radical (unpaired) electrons. The van der Waals surface area contributed by atoms with Crippen molar-refractivity contribution in [2.24, 2.45) is 5.73 Å². The Morgan fingerprint density at radius 1 is 1.52 bits per heavy atom. The summed E-state index contributed by atoms with van der Waals surface area (Å²) in [5.74, 6) is 0. The highest BCUT2D eigenvalue weighted by Crippen LogP contribution is 2.29. The van der Waals surface area contributed by atoms with Gasteiger partial charge in [-0.2, -0.15) is 0 Å². The molecule has 1 aliphatic rings. The topological polar surface area (TPSA) is 50.5 Å². The average molecular weight is 289 g/mol. The fourth-order valence-corrected chi connectivity index (χ4v) is 2.69. The summed E-state index contributed by atoms with van der Waals surface area (Å²) in [5.41, 5.74) is 11.0. The second kappa shape index (κ2) is 7.59. The fourth-order valence-electron chi connectivity index (χ4n) is 2.69. The van der Waals surface area contributed by atoms with Crippen molar-refractivity contribution in [3.63, 3.8) is 0 Å². The van der Waals surface area contributed by atoms with Crippen molar-refractivity contribution in [1.29, 1.82) is 0 Å². The van der Waals surface area contributed by atoms with Gasteiger partial charge in [0.25, 0.3) is 0 Å². The largest absolute Gasteiger partial charge is 0.376 e. The van der Waals surface area contributed by atoms with E-state index in [0.717, 1.165) is 25.1 Å². The third-order valence-corrected chi connectivity index (χ3v) is 3.86. The molecule has 1 atom stereocenters. The summed E-state index contributed by atoms with van der Waals surface area (Å²) in [7, 11) is 2.14. The van der Waals surface area contributed by atoms with Crippen molar-refractivity contribution in [3.8, 4) is 0 Å². The monoisotopic (exact) mass is 289 g/mol. The number of nitrogens with zero attached hydrogens (tertiary/aromatic N) is 1. The molecule has 1 aliphatic heterocycles. The zero-order chi connectivity index (χ0) is 15.2. The number of fused-ring (bicyclic) bond motifs is 1. The van der Waals surface area contributed by atoms with E-state index in [1.807, 2.05) is 6.92 Å². The molecule has 0 aliphatic carbocycles. The molecule has 3 N–H and O–H groups in total. The van der Waals surface area contributed by atoms with Crippen LogP contribution in [0.3, 0.4) is 0 Å². The van der Waals surface area contributed by atoms with Crippen LogP contribution in [0, 0.1) is 0 Å². The summed E-state index contributed by atoms with van der Waals surface area (Å²) >= 11 is 0. The summed E-state index contributed by atoms with van der Waals surface area (Å²) in [5, 5.41) is 3.47. The Hall–Kier alpha value is -1.36. The Balaban J connectivity index is 1.88. The highest BCUT2D eigenvalue weighted by Gasteiger charge is 2.17. The van der Waals surface area contributed by atoms with Crippen LogP contribution in [-0.2, 0) is 11.2 Å². The average Bonchev–Trinajstić information content (AvgIpc) is 2.83. The van der Waals surface area contributed by atoms with Crippen LogP contribution in [-0.4, -0.2) is 39.9 Å². The van der Waals surface area contributed by atoms with Gasteiger partial charge in [0.15, 0.2) is 0 Å². The van der Waals surface area contributed by atoms with Crippen LogP contribution in [0.2, 0.25) is 0 Å². The van der Waals surface area contributed by atoms with Crippen molar-refractivity contribution in [1.82, 2.24) is 5.32 Å². The van der Waals surface area contributed by atoms with Crippen molar-refractivity contribution in [2.45, 2.75) is 19.4 Å². The molecule has 1 aromatic rings. The first-order valence-electron chi connectivity index (χ1n) is 7.61. The van der Waals surface area contributed by atoms with E-state index in [1.54, 1.807) is 0 Å². The number of nitrogens with one attached hydrogen (secondary N) is 1. The number of hydrogen-bond donors (Lipinski definition) is 2. The highest BCUT2D eigenvalue weighted by molar-refractivity contribution is 5.58. The van der Waals surface area contributed by atoms with Crippen LogP contribution in [0.15, 0.2) is 30.4 Å². The molecule has 1 unspecified atom stereocenters. The Morgan fingerprint density at radius 3 is 3.05 bits per heavy atom. The van der Waals surface area contributed by atoms with Gasteiger partial charge in [0.2, 0.25) is 0 Å². The second-order valence-corrected chi connectivity index (χ2v) is 5.81. The van der Waals surface area contributed by atoms with Gasteiger partial charge < -0.3 is 20.7 Å². The first-order valence-corrected chi connectivity index (χ1v) is 7.61.